The zero-order chi connectivity index (χ0) is 27.4. The Labute approximate surface area is 193 Å². The van der Waals surface area contributed by atoms with Crippen molar-refractivity contribution in [2.24, 2.45) is 0 Å². The van der Waals surface area contributed by atoms with Gasteiger partial charge in [0.15, 0.2) is 0 Å². The van der Waals surface area contributed by atoms with Gasteiger partial charge in [-0.3, -0.25) is 0 Å². The number of alkyl halides is 13. The average molecular weight is 541 g/mol. The van der Waals surface area contributed by atoms with Gasteiger partial charge in [0.05, 0.1) is 5.69 Å². The van der Waals surface area contributed by atoms with E-state index in [2.05, 4.69) is 4.84 Å². The summed E-state index contributed by atoms with van der Waals surface area (Å²) in [7, 11) is 0. The Balaban J connectivity index is 2.09. The van der Waals surface area contributed by atoms with Crippen LogP contribution in [-0.4, -0.2) is 35.8 Å². The summed E-state index contributed by atoms with van der Waals surface area (Å²) in [6, 6.07) is 11.7. The minimum absolute atomic E-state index is 0.0520. The van der Waals surface area contributed by atoms with E-state index >= 15 is 0 Å². The normalized spacial score (nSPS) is 18.2. The predicted molar refractivity (Wildman–Crippen MR) is 98.1 cm³/mol. The van der Waals surface area contributed by atoms with Gasteiger partial charge in [-0.05, 0) is 23.8 Å². The van der Waals surface area contributed by atoms with Crippen LogP contribution >= 0.6 is 0 Å². The van der Waals surface area contributed by atoms with E-state index in [0.717, 1.165) is 0 Å². The summed E-state index contributed by atoms with van der Waals surface area (Å²) in [5, 5.41) is 0.509. The molecule has 3 rings (SSSR count). The molecule has 0 fully saturated rings. The first-order valence-electron chi connectivity index (χ1n) is 9.56. The summed E-state index contributed by atoms with van der Waals surface area (Å²) in [4.78, 5) is 4.60. The number of para-hydroxylation sites is 1. The summed E-state index contributed by atoms with van der Waals surface area (Å²) in [6.45, 7) is 0. The number of allylic oxidation sites excluding steroid dienone is 1. The highest BCUT2D eigenvalue weighted by Crippen LogP contribution is 2.62. The molecular weight excluding hydrogens is 529 g/mol. The fourth-order valence-electron chi connectivity index (χ4n) is 3.16. The van der Waals surface area contributed by atoms with E-state index in [0.29, 0.717) is 5.06 Å². The van der Waals surface area contributed by atoms with Crippen molar-refractivity contribution in [3.8, 4) is 0 Å². The first-order chi connectivity index (χ1) is 16.3. The Hall–Kier alpha value is -3.13. The Morgan fingerprint density at radius 2 is 1.00 bits per heavy atom. The summed E-state index contributed by atoms with van der Waals surface area (Å²) >= 11 is 0. The Morgan fingerprint density at radius 3 is 1.47 bits per heavy atom. The molecule has 15 heteroatoms. The SMILES string of the molecule is FC(F)(F)C(F)(F)C(F)(F)C(F)(F)C(F)(F)C(F)(F)C1=CC(c2ccccc2)N(c2ccccc2)O1. The molecule has 2 aromatic rings. The Bertz CT molecular complexity index is 1100. The van der Waals surface area contributed by atoms with Crippen LogP contribution in [0.3, 0.4) is 0 Å². The second-order valence-electron chi connectivity index (χ2n) is 7.51. The smallest absolute Gasteiger partial charge is 0.377 e. The number of rotatable bonds is 7. The lowest BCUT2D eigenvalue weighted by Crippen LogP contribution is -2.70. The van der Waals surface area contributed by atoms with Crippen molar-refractivity contribution in [1.29, 1.82) is 0 Å². The highest BCUT2D eigenvalue weighted by molar-refractivity contribution is 5.50. The number of hydroxylamine groups is 1. The minimum Gasteiger partial charge on any atom is -0.377 e. The molecule has 0 aliphatic carbocycles. The molecule has 1 aliphatic heterocycles. The highest BCUT2D eigenvalue weighted by Gasteiger charge is 2.91. The number of halogens is 13. The van der Waals surface area contributed by atoms with Crippen molar-refractivity contribution in [2.45, 2.75) is 41.8 Å². The van der Waals surface area contributed by atoms with E-state index < -0.39 is 47.6 Å². The van der Waals surface area contributed by atoms with Crippen LogP contribution in [0.2, 0.25) is 0 Å². The zero-order valence-electron chi connectivity index (χ0n) is 17.2. The third-order valence-corrected chi connectivity index (χ3v) is 5.15. The van der Waals surface area contributed by atoms with Crippen LogP contribution in [0.15, 0.2) is 72.5 Å². The van der Waals surface area contributed by atoms with Crippen molar-refractivity contribution in [3.63, 3.8) is 0 Å². The van der Waals surface area contributed by atoms with Crippen molar-refractivity contribution in [3.05, 3.63) is 78.1 Å². The van der Waals surface area contributed by atoms with Crippen molar-refractivity contribution in [2.75, 3.05) is 5.06 Å². The van der Waals surface area contributed by atoms with E-state index in [1.54, 1.807) is 0 Å². The van der Waals surface area contributed by atoms with Crippen molar-refractivity contribution >= 4 is 5.69 Å². The monoisotopic (exact) mass is 541 g/mol. The quantitative estimate of drug-likeness (QED) is 0.332. The summed E-state index contributed by atoms with van der Waals surface area (Å²) in [5.74, 6) is -40.0. The Kier molecular flexibility index (Phi) is 6.46. The van der Waals surface area contributed by atoms with Crippen molar-refractivity contribution in [1.82, 2.24) is 0 Å². The maximum absolute atomic E-state index is 14.7. The molecule has 0 aromatic heterocycles. The summed E-state index contributed by atoms with van der Waals surface area (Å²) in [6.07, 6.45) is -7.34. The molecule has 0 bridgehead atoms. The lowest BCUT2D eigenvalue weighted by atomic mass is 9.92. The van der Waals surface area contributed by atoms with Gasteiger partial charge in [0.1, 0.15) is 6.04 Å². The van der Waals surface area contributed by atoms with Crippen LogP contribution < -0.4 is 5.06 Å². The predicted octanol–water partition coefficient (Wildman–Crippen LogP) is 7.80. The van der Waals surface area contributed by atoms with Gasteiger partial charge in [0, 0.05) is 0 Å². The van der Waals surface area contributed by atoms with Gasteiger partial charge in [0.25, 0.3) is 0 Å². The van der Waals surface area contributed by atoms with E-state index in [9.17, 15) is 57.1 Å². The molecule has 1 heterocycles. The fourth-order valence-corrected chi connectivity index (χ4v) is 3.16. The van der Waals surface area contributed by atoms with Crippen LogP contribution in [0.5, 0.6) is 0 Å². The molecule has 1 atom stereocenters. The van der Waals surface area contributed by atoms with E-state index in [1.807, 2.05) is 0 Å². The van der Waals surface area contributed by atoms with Gasteiger partial charge < -0.3 is 4.84 Å². The number of benzene rings is 2. The topological polar surface area (TPSA) is 12.5 Å². The molecule has 1 unspecified atom stereocenters. The molecular formula is C21H12F13NO. The molecule has 2 aromatic carbocycles. The van der Waals surface area contributed by atoms with Gasteiger partial charge in [0.2, 0.25) is 5.76 Å². The molecule has 2 nitrogen and oxygen atoms in total. The van der Waals surface area contributed by atoms with Gasteiger partial charge in [-0.25, -0.2) is 0 Å². The minimum atomic E-state index is -7.98. The third kappa shape index (κ3) is 3.92. The molecule has 0 radical (unpaired) electrons. The van der Waals surface area contributed by atoms with Gasteiger partial charge in [-0.2, -0.15) is 62.1 Å². The lowest BCUT2D eigenvalue weighted by Gasteiger charge is -2.39. The lowest BCUT2D eigenvalue weighted by molar-refractivity contribution is -0.438. The zero-order valence-corrected chi connectivity index (χ0v) is 17.2. The summed E-state index contributed by atoms with van der Waals surface area (Å²) < 4.78 is 176. The second kappa shape index (κ2) is 8.47. The van der Waals surface area contributed by atoms with Crippen LogP contribution in [0.4, 0.5) is 62.8 Å². The first-order valence-corrected chi connectivity index (χ1v) is 9.56. The van der Waals surface area contributed by atoms with Gasteiger partial charge in [-0.1, -0.05) is 48.5 Å². The van der Waals surface area contributed by atoms with Gasteiger partial charge >= 0.3 is 35.8 Å². The average Bonchev–Trinajstić information content (AvgIpc) is 3.25. The van der Waals surface area contributed by atoms with Crippen LogP contribution in [0, 0.1) is 0 Å². The van der Waals surface area contributed by atoms with Crippen LogP contribution in [-0.2, 0) is 4.84 Å². The molecule has 36 heavy (non-hydrogen) atoms. The van der Waals surface area contributed by atoms with E-state index in [4.69, 9.17) is 0 Å². The van der Waals surface area contributed by atoms with Gasteiger partial charge in [-0.15, -0.1) is 0 Å². The summed E-state index contributed by atoms with van der Waals surface area (Å²) in [5.41, 5.74) is -0.0615. The molecule has 0 saturated carbocycles. The fraction of sp³-hybridized carbons (Fsp3) is 0.333. The number of hydrogen-bond donors (Lipinski definition) is 0. The number of nitrogens with zero attached hydrogens (tertiary/aromatic N) is 1. The molecule has 198 valence electrons. The highest BCUT2D eigenvalue weighted by atomic mass is 19.4. The van der Waals surface area contributed by atoms with Crippen LogP contribution in [0.25, 0.3) is 0 Å². The maximum atomic E-state index is 14.7. The second-order valence-corrected chi connectivity index (χ2v) is 7.51. The number of anilines is 1. The molecule has 0 spiro atoms. The Morgan fingerprint density at radius 1 is 0.556 bits per heavy atom. The van der Waals surface area contributed by atoms with E-state index in [1.165, 1.54) is 60.7 Å². The first kappa shape index (κ1) is 27.5. The number of hydrogen-bond acceptors (Lipinski definition) is 2. The standard InChI is InChI=1S/C21H12F13NO/c22-16(23,17(24,25)18(26,27)19(28,29)20(30,31)21(32,33)34)15-11-14(12-7-3-1-4-8-12)35(36-15)13-9-5-2-6-10-13/h1-11,14H. The molecule has 0 amide bonds. The van der Waals surface area contributed by atoms with Crippen molar-refractivity contribution < 1.29 is 61.9 Å². The maximum Gasteiger partial charge on any atom is 0.460 e. The third-order valence-electron chi connectivity index (χ3n) is 5.15. The molecule has 0 N–H and O–H groups in total. The van der Waals surface area contributed by atoms with E-state index in [-0.39, 0.29) is 17.3 Å². The molecule has 0 saturated heterocycles. The molecule has 1 aliphatic rings. The van der Waals surface area contributed by atoms with Crippen LogP contribution in [0.1, 0.15) is 11.6 Å². The largest absolute Gasteiger partial charge is 0.460 e.